The first-order valence-electron chi connectivity index (χ1n) is 5.62. The van der Waals surface area contributed by atoms with Crippen molar-refractivity contribution in [3.63, 3.8) is 0 Å². The van der Waals surface area contributed by atoms with Crippen molar-refractivity contribution < 1.29 is 4.79 Å². The molecule has 1 atom stereocenters. The van der Waals surface area contributed by atoms with Crippen LogP contribution in [0, 0.1) is 30.1 Å². The number of amides is 1. The molecule has 17 heavy (non-hydrogen) atoms. The minimum atomic E-state index is -0.591. The summed E-state index contributed by atoms with van der Waals surface area (Å²) in [5.74, 6) is -0.785. The third-order valence-electron chi connectivity index (χ3n) is 2.66. The van der Waals surface area contributed by atoms with E-state index in [0.29, 0.717) is 6.54 Å². The summed E-state index contributed by atoms with van der Waals surface area (Å²) >= 11 is 0. The predicted molar refractivity (Wildman–Crippen MR) is 63.7 cm³/mol. The Morgan fingerprint density at radius 2 is 2.29 bits per heavy atom. The van der Waals surface area contributed by atoms with Crippen molar-refractivity contribution in [2.45, 2.75) is 27.3 Å². The standard InChI is InChI=1S/C12H18N4O/c1-8(2)11(5-13)12(17)14-6-10-7-16(4)15-9(10)3/h7-8,11H,6H2,1-4H3,(H,14,17). The summed E-state index contributed by atoms with van der Waals surface area (Å²) in [7, 11) is 1.84. The molecule has 0 saturated carbocycles. The Hall–Kier alpha value is -1.83. The highest BCUT2D eigenvalue weighted by molar-refractivity contribution is 5.81. The molecule has 0 fully saturated rings. The number of hydrogen-bond donors (Lipinski definition) is 1. The van der Waals surface area contributed by atoms with Crippen molar-refractivity contribution in [3.8, 4) is 6.07 Å². The lowest BCUT2D eigenvalue weighted by molar-refractivity contribution is -0.124. The highest BCUT2D eigenvalue weighted by Crippen LogP contribution is 2.10. The van der Waals surface area contributed by atoms with Crippen molar-refractivity contribution in [2.75, 3.05) is 0 Å². The number of hydrogen-bond acceptors (Lipinski definition) is 3. The molecule has 5 nitrogen and oxygen atoms in total. The van der Waals surface area contributed by atoms with E-state index in [1.165, 1.54) is 0 Å². The van der Waals surface area contributed by atoms with Crippen LogP contribution >= 0.6 is 0 Å². The number of carbonyl (C=O) groups is 1. The van der Waals surface area contributed by atoms with E-state index in [1.807, 2.05) is 40.1 Å². The van der Waals surface area contributed by atoms with Crippen LogP contribution in [0.3, 0.4) is 0 Å². The monoisotopic (exact) mass is 234 g/mol. The van der Waals surface area contributed by atoms with E-state index in [4.69, 9.17) is 5.26 Å². The Kier molecular flexibility index (Phi) is 4.27. The molecule has 1 amide bonds. The van der Waals surface area contributed by atoms with Gasteiger partial charge in [-0.05, 0) is 12.8 Å². The average Bonchev–Trinajstić information content (AvgIpc) is 2.54. The summed E-state index contributed by atoms with van der Waals surface area (Å²) < 4.78 is 1.71. The van der Waals surface area contributed by atoms with Crippen LogP contribution < -0.4 is 5.32 Å². The van der Waals surface area contributed by atoms with Gasteiger partial charge in [-0.1, -0.05) is 13.8 Å². The molecule has 1 aromatic heterocycles. The lowest BCUT2D eigenvalue weighted by atomic mass is 9.96. The maximum Gasteiger partial charge on any atom is 0.237 e. The molecule has 0 saturated heterocycles. The third-order valence-corrected chi connectivity index (χ3v) is 2.66. The third kappa shape index (κ3) is 3.31. The maximum atomic E-state index is 11.7. The summed E-state index contributed by atoms with van der Waals surface area (Å²) in [5.41, 5.74) is 1.87. The molecule has 0 radical (unpaired) electrons. The van der Waals surface area contributed by atoms with Crippen LogP contribution in [0.15, 0.2) is 6.20 Å². The van der Waals surface area contributed by atoms with E-state index < -0.39 is 5.92 Å². The van der Waals surface area contributed by atoms with Crippen LogP contribution in [0.1, 0.15) is 25.1 Å². The largest absolute Gasteiger partial charge is 0.351 e. The fourth-order valence-corrected chi connectivity index (χ4v) is 1.62. The van der Waals surface area contributed by atoms with Crippen molar-refractivity contribution in [3.05, 3.63) is 17.5 Å². The van der Waals surface area contributed by atoms with Gasteiger partial charge in [-0.25, -0.2) is 0 Å². The van der Waals surface area contributed by atoms with Crippen molar-refractivity contribution in [1.29, 1.82) is 5.26 Å². The van der Waals surface area contributed by atoms with E-state index in [9.17, 15) is 4.79 Å². The van der Waals surface area contributed by atoms with Crippen molar-refractivity contribution in [1.82, 2.24) is 15.1 Å². The lowest BCUT2D eigenvalue weighted by Gasteiger charge is -2.12. The molecule has 0 bridgehead atoms. The number of nitrogens with zero attached hydrogens (tertiary/aromatic N) is 3. The molecule has 1 rings (SSSR count). The maximum absolute atomic E-state index is 11.7. The van der Waals surface area contributed by atoms with Crippen LogP contribution in [-0.4, -0.2) is 15.7 Å². The van der Waals surface area contributed by atoms with Gasteiger partial charge < -0.3 is 5.32 Å². The summed E-state index contributed by atoms with van der Waals surface area (Å²) in [6, 6.07) is 2.02. The molecule has 0 aliphatic rings. The zero-order chi connectivity index (χ0) is 13.0. The molecular weight excluding hydrogens is 216 g/mol. The molecule has 0 aliphatic carbocycles. The second-order valence-electron chi connectivity index (χ2n) is 4.48. The number of nitrogens with one attached hydrogen (secondary N) is 1. The van der Waals surface area contributed by atoms with Gasteiger partial charge in [0.15, 0.2) is 0 Å². The Morgan fingerprint density at radius 1 is 1.65 bits per heavy atom. The fraction of sp³-hybridized carbons (Fsp3) is 0.583. The number of aromatic nitrogens is 2. The topological polar surface area (TPSA) is 70.7 Å². The SMILES string of the molecule is Cc1nn(C)cc1CNC(=O)C(C#N)C(C)C. The Labute approximate surface area is 101 Å². The summed E-state index contributed by atoms with van der Waals surface area (Å²) in [4.78, 5) is 11.7. The van der Waals surface area contributed by atoms with Gasteiger partial charge in [0.2, 0.25) is 5.91 Å². The molecule has 0 spiro atoms. The minimum Gasteiger partial charge on any atom is -0.351 e. The van der Waals surface area contributed by atoms with E-state index in [-0.39, 0.29) is 11.8 Å². The Balaban J connectivity index is 2.60. The van der Waals surface area contributed by atoms with Gasteiger partial charge in [0, 0.05) is 25.4 Å². The first-order valence-corrected chi connectivity index (χ1v) is 5.62. The molecular formula is C12H18N4O. The quantitative estimate of drug-likeness (QED) is 0.849. The first-order chi connectivity index (χ1) is 7.95. The molecule has 1 N–H and O–H groups in total. The lowest BCUT2D eigenvalue weighted by Crippen LogP contribution is -2.32. The smallest absolute Gasteiger partial charge is 0.237 e. The molecule has 0 aromatic carbocycles. The Morgan fingerprint density at radius 3 is 2.71 bits per heavy atom. The van der Waals surface area contributed by atoms with Gasteiger partial charge in [0.1, 0.15) is 5.92 Å². The second kappa shape index (κ2) is 5.48. The Bertz CT molecular complexity index is 442. The number of nitriles is 1. The fourth-order valence-electron chi connectivity index (χ4n) is 1.62. The van der Waals surface area contributed by atoms with Crippen molar-refractivity contribution >= 4 is 5.91 Å². The van der Waals surface area contributed by atoms with E-state index in [0.717, 1.165) is 11.3 Å². The zero-order valence-electron chi connectivity index (χ0n) is 10.7. The molecule has 5 heteroatoms. The first kappa shape index (κ1) is 13.2. The van der Waals surface area contributed by atoms with Gasteiger partial charge in [-0.3, -0.25) is 9.48 Å². The van der Waals surface area contributed by atoms with E-state index in [2.05, 4.69) is 10.4 Å². The molecule has 92 valence electrons. The highest BCUT2D eigenvalue weighted by atomic mass is 16.1. The number of carbonyl (C=O) groups excluding carboxylic acids is 1. The van der Waals surface area contributed by atoms with E-state index >= 15 is 0 Å². The van der Waals surface area contributed by atoms with Gasteiger partial charge >= 0.3 is 0 Å². The number of aryl methyl sites for hydroxylation is 2. The van der Waals surface area contributed by atoms with Gasteiger partial charge in [0.25, 0.3) is 0 Å². The van der Waals surface area contributed by atoms with Gasteiger partial charge in [-0.15, -0.1) is 0 Å². The molecule has 1 aromatic rings. The summed E-state index contributed by atoms with van der Waals surface area (Å²) in [6.45, 7) is 6.04. The van der Waals surface area contributed by atoms with E-state index in [1.54, 1.807) is 4.68 Å². The highest BCUT2D eigenvalue weighted by Gasteiger charge is 2.21. The molecule has 0 aliphatic heterocycles. The predicted octanol–water partition coefficient (Wildman–Crippen LogP) is 1.14. The average molecular weight is 234 g/mol. The van der Waals surface area contributed by atoms with Crippen LogP contribution in [0.2, 0.25) is 0 Å². The van der Waals surface area contributed by atoms with Gasteiger partial charge in [-0.2, -0.15) is 10.4 Å². The van der Waals surface area contributed by atoms with Crippen LogP contribution in [0.5, 0.6) is 0 Å². The zero-order valence-corrected chi connectivity index (χ0v) is 10.7. The molecule has 1 unspecified atom stereocenters. The summed E-state index contributed by atoms with van der Waals surface area (Å²) in [6.07, 6.45) is 1.87. The number of rotatable bonds is 4. The van der Waals surface area contributed by atoms with Gasteiger partial charge in [0.05, 0.1) is 11.8 Å². The second-order valence-corrected chi connectivity index (χ2v) is 4.48. The van der Waals surface area contributed by atoms with Crippen LogP contribution in [-0.2, 0) is 18.4 Å². The normalized spacial score (nSPS) is 12.2. The van der Waals surface area contributed by atoms with Crippen LogP contribution in [0.25, 0.3) is 0 Å². The summed E-state index contributed by atoms with van der Waals surface area (Å²) in [5, 5.41) is 15.9. The molecule has 1 heterocycles. The minimum absolute atomic E-state index is 0.0231. The van der Waals surface area contributed by atoms with Crippen molar-refractivity contribution in [2.24, 2.45) is 18.9 Å². The van der Waals surface area contributed by atoms with Crippen LogP contribution in [0.4, 0.5) is 0 Å².